The second-order valence-corrected chi connectivity index (χ2v) is 7.53. The number of methoxy groups -OCH3 is 2. The molecule has 0 atom stereocenters. The molecule has 0 aliphatic heterocycles. The normalized spacial score (nSPS) is 11.4. The Hall–Kier alpha value is -2.62. The second-order valence-electron chi connectivity index (χ2n) is 5.36. The van der Waals surface area contributed by atoms with E-state index in [1.54, 1.807) is 37.4 Å². The zero-order chi connectivity index (χ0) is 19.4. The predicted octanol–water partition coefficient (Wildman–Crippen LogP) is 2.89. The highest BCUT2D eigenvalue weighted by atomic mass is 35.5. The molecule has 0 spiro atoms. The first kappa shape index (κ1) is 19.2. The van der Waals surface area contributed by atoms with Gasteiger partial charge in [-0.3, -0.25) is 0 Å². The van der Waals surface area contributed by atoms with Crippen molar-refractivity contribution >= 4 is 21.6 Å². The molecule has 10 heteroatoms. The van der Waals surface area contributed by atoms with Crippen molar-refractivity contribution in [3.8, 4) is 22.9 Å². The number of benzene rings is 2. The summed E-state index contributed by atoms with van der Waals surface area (Å²) in [5.74, 6) is 1.33. The summed E-state index contributed by atoms with van der Waals surface area (Å²) in [5.41, 5.74) is 0.713. The van der Waals surface area contributed by atoms with E-state index in [-0.39, 0.29) is 28.1 Å². The third-order valence-electron chi connectivity index (χ3n) is 3.64. The zero-order valence-corrected chi connectivity index (χ0v) is 16.0. The Kier molecular flexibility index (Phi) is 5.64. The molecule has 27 heavy (non-hydrogen) atoms. The summed E-state index contributed by atoms with van der Waals surface area (Å²) < 4.78 is 42.7. The van der Waals surface area contributed by atoms with E-state index in [1.807, 2.05) is 0 Å². The Morgan fingerprint density at radius 1 is 1.11 bits per heavy atom. The van der Waals surface area contributed by atoms with Crippen LogP contribution in [0.2, 0.25) is 5.02 Å². The number of aromatic nitrogens is 2. The van der Waals surface area contributed by atoms with E-state index < -0.39 is 10.0 Å². The smallest absolute Gasteiger partial charge is 0.244 e. The summed E-state index contributed by atoms with van der Waals surface area (Å²) in [5, 5.41) is 4.13. The molecule has 1 N–H and O–H groups in total. The summed E-state index contributed by atoms with van der Waals surface area (Å²) >= 11 is 5.89. The lowest BCUT2D eigenvalue weighted by atomic mass is 10.2. The Balaban J connectivity index is 1.75. The van der Waals surface area contributed by atoms with Crippen LogP contribution in [-0.2, 0) is 16.6 Å². The number of halogens is 1. The van der Waals surface area contributed by atoms with Crippen LogP contribution >= 0.6 is 11.6 Å². The van der Waals surface area contributed by atoms with E-state index in [1.165, 1.54) is 19.2 Å². The molecule has 0 radical (unpaired) electrons. The molecule has 2 aromatic carbocycles. The maximum Gasteiger partial charge on any atom is 0.244 e. The fourth-order valence-electron chi connectivity index (χ4n) is 2.28. The molecule has 0 aliphatic rings. The minimum Gasteiger partial charge on any atom is -0.497 e. The number of sulfonamides is 1. The Morgan fingerprint density at radius 2 is 1.85 bits per heavy atom. The van der Waals surface area contributed by atoms with Gasteiger partial charge < -0.3 is 14.0 Å². The molecule has 8 nitrogen and oxygen atoms in total. The first-order valence-corrected chi connectivity index (χ1v) is 9.59. The third kappa shape index (κ3) is 4.38. The van der Waals surface area contributed by atoms with Crippen molar-refractivity contribution in [3.63, 3.8) is 0 Å². The van der Waals surface area contributed by atoms with Crippen molar-refractivity contribution in [2.75, 3.05) is 14.2 Å². The molecule has 0 aliphatic carbocycles. The van der Waals surface area contributed by atoms with Gasteiger partial charge in [-0.2, -0.15) is 4.98 Å². The van der Waals surface area contributed by atoms with Crippen LogP contribution in [0.15, 0.2) is 51.9 Å². The monoisotopic (exact) mass is 409 g/mol. The van der Waals surface area contributed by atoms with Crippen molar-refractivity contribution in [3.05, 3.63) is 53.4 Å². The number of hydrogen-bond donors (Lipinski definition) is 1. The molecular formula is C17H16ClN3O5S. The highest BCUT2D eigenvalue weighted by Gasteiger charge is 2.21. The molecule has 0 unspecified atom stereocenters. The first-order valence-electron chi connectivity index (χ1n) is 7.73. The average Bonchev–Trinajstić information content (AvgIpc) is 3.15. The van der Waals surface area contributed by atoms with Gasteiger partial charge in [-0.1, -0.05) is 16.8 Å². The van der Waals surface area contributed by atoms with E-state index in [4.69, 9.17) is 25.6 Å². The fraction of sp³-hybridized carbons (Fsp3) is 0.176. The van der Waals surface area contributed by atoms with Crippen LogP contribution in [0.3, 0.4) is 0 Å². The Labute approximate surface area is 161 Å². The van der Waals surface area contributed by atoms with Crippen molar-refractivity contribution in [2.45, 2.75) is 11.4 Å². The summed E-state index contributed by atoms with van der Waals surface area (Å²) in [6.45, 7) is -0.179. The SMILES string of the molecule is COc1ccc(-c2noc(CNS(=O)(=O)c3cc(Cl)ccc3OC)n2)cc1. The minimum atomic E-state index is -3.89. The summed E-state index contributed by atoms with van der Waals surface area (Å²) in [6.07, 6.45) is 0. The molecular weight excluding hydrogens is 394 g/mol. The van der Waals surface area contributed by atoms with Crippen molar-refractivity contribution in [1.29, 1.82) is 0 Å². The molecule has 3 rings (SSSR count). The molecule has 1 aromatic heterocycles. The molecule has 0 saturated heterocycles. The standard InChI is InChI=1S/C17H16ClN3O5S/c1-24-13-6-3-11(4-7-13)17-20-16(26-21-17)10-19-27(22,23)15-9-12(18)5-8-14(15)25-2/h3-9,19H,10H2,1-2H3. The van der Waals surface area contributed by atoms with Crippen molar-refractivity contribution in [1.82, 2.24) is 14.9 Å². The van der Waals surface area contributed by atoms with Crippen molar-refractivity contribution in [2.24, 2.45) is 0 Å². The highest BCUT2D eigenvalue weighted by Crippen LogP contribution is 2.27. The van der Waals surface area contributed by atoms with Gasteiger partial charge in [0.1, 0.15) is 16.4 Å². The number of ether oxygens (including phenoxy) is 2. The van der Waals surface area contributed by atoms with Crippen LogP contribution in [0.1, 0.15) is 5.89 Å². The van der Waals surface area contributed by atoms with Gasteiger partial charge in [0, 0.05) is 10.6 Å². The van der Waals surface area contributed by atoms with Crippen LogP contribution in [-0.4, -0.2) is 32.8 Å². The largest absolute Gasteiger partial charge is 0.497 e. The maximum absolute atomic E-state index is 12.5. The number of rotatable bonds is 7. The van der Waals surface area contributed by atoms with Crippen LogP contribution < -0.4 is 14.2 Å². The van der Waals surface area contributed by atoms with Gasteiger partial charge in [0.05, 0.1) is 20.8 Å². The van der Waals surface area contributed by atoms with Crippen LogP contribution in [0.4, 0.5) is 0 Å². The van der Waals surface area contributed by atoms with Crippen LogP contribution in [0.25, 0.3) is 11.4 Å². The maximum atomic E-state index is 12.5. The van der Waals surface area contributed by atoms with Gasteiger partial charge in [0.15, 0.2) is 0 Å². The van der Waals surface area contributed by atoms with Crippen LogP contribution in [0, 0.1) is 0 Å². The van der Waals surface area contributed by atoms with Gasteiger partial charge in [0.2, 0.25) is 21.7 Å². The molecule has 0 fully saturated rings. The molecule has 0 saturated carbocycles. The van der Waals surface area contributed by atoms with Crippen molar-refractivity contribution < 1.29 is 22.4 Å². The molecule has 0 amide bonds. The lowest BCUT2D eigenvalue weighted by molar-refractivity contribution is 0.375. The molecule has 142 valence electrons. The second kappa shape index (κ2) is 7.95. The fourth-order valence-corrected chi connectivity index (χ4v) is 3.68. The van der Waals surface area contributed by atoms with Gasteiger partial charge in [-0.25, -0.2) is 13.1 Å². The summed E-state index contributed by atoms with van der Waals surface area (Å²) in [7, 11) is -0.944. The van der Waals surface area contributed by atoms with Gasteiger partial charge in [-0.05, 0) is 42.5 Å². The average molecular weight is 410 g/mol. The highest BCUT2D eigenvalue weighted by molar-refractivity contribution is 7.89. The lowest BCUT2D eigenvalue weighted by Crippen LogP contribution is -2.24. The quantitative estimate of drug-likeness (QED) is 0.639. The number of nitrogens with one attached hydrogen (secondary N) is 1. The third-order valence-corrected chi connectivity index (χ3v) is 5.30. The first-order chi connectivity index (χ1) is 12.9. The Bertz CT molecular complexity index is 1030. The van der Waals surface area contributed by atoms with Gasteiger partial charge in [-0.15, -0.1) is 0 Å². The van der Waals surface area contributed by atoms with E-state index in [9.17, 15) is 8.42 Å². The van der Waals surface area contributed by atoms with E-state index in [0.717, 1.165) is 0 Å². The lowest BCUT2D eigenvalue weighted by Gasteiger charge is -2.09. The van der Waals surface area contributed by atoms with Gasteiger partial charge >= 0.3 is 0 Å². The van der Waals surface area contributed by atoms with E-state index in [2.05, 4.69) is 14.9 Å². The summed E-state index contributed by atoms with van der Waals surface area (Å²) in [6, 6.07) is 11.4. The molecule has 0 bridgehead atoms. The topological polar surface area (TPSA) is 104 Å². The van der Waals surface area contributed by atoms with Crippen LogP contribution in [0.5, 0.6) is 11.5 Å². The zero-order valence-electron chi connectivity index (χ0n) is 14.5. The van der Waals surface area contributed by atoms with E-state index in [0.29, 0.717) is 17.1 Å². The predicted molar refractivity (Wildman–Crippen MR) is 98.3 cm³/mol. The van der Waals surface area contributed by atoms with E-state index >= 15 is 0 Å². The minimum absolute atomic E-state index is 0.0765. The Morgan fingerprint density at radius 3 is 2.52 bits per heavy atom. The number of nitrogens with zero attached hydrogens (tertiary/aromatic N) is 2. The van der Waals surface area contributed by atoms with Gasteiger partial charge in [0.25, 0.3) is 0 Å². The number of hydrogen-bond acceptors (Lipinski definition) is 7. The molecule has 1 heterocycles. The molecule has 3 aromatic rings. The summed E-state index contributed by atoms with van der Waals surface area (Å²) in [4.78, 5) is 4.11.